The van der Waals surface area contributed by atoms with Crippen LogP contribution in [0.2, 0.25) is 0 Å². The molecule has 0 saturated heterocycles. The van der Waals surface area contributed by atoms with E-state index in [0.717, 1.165) is 22.3 Å². The van der Waals surface area contributed by atoms with Gasteiger partial charge in [-0.05, 0) is 114 Å². The zero-order valence-corrected chi connectivity index (χ0v) is 30.1. The van der Waals surface area contributed by atoms with E-state index in [1.54, 1.807) is 39.8 Å². The summed E-state index contributed by atoms with van der Waals surface area (Å²) in [5, 5.41) is 0. The molecule has 0 bridgehead atoms. The first-order valence-electron chi connectivity index (χ1n) is 17.5. The molecule has 48 heavy (non-hydrogen) atoms. The lowest BCUT2D eigenvalue weighted by atomic mass is 9.50. The Morgan fingerprint density at radius 1 is 0.729 bits per heavy atom. The van der Waals surface area contributed by atoms with Crippen molar-refractivity contribution in [2.45, 2.75) is 131 Å². The highest BCUT2D eigenvalue weighted by molar-refractivity contribution is 5.97. The molecule has 8 atom stereocenters. The molecule has 4 aliphatic carbocycles. The lowest BCUT2D eigenvalue weighted by Crippen LogP contribution is -2.61. The van der Waals surface area contributed by atoms with Gasteiger partial charge < -0.3 is 18.9 Å². The third-order valence-corrected chi connectivity index (χ3v) is 13.3. The average molecular weight is 659 g/mol. The van der Waals surface area contributed by atoms with Crippen molar-refractivity contribution in [3.8, 4) is 0 Å². The SMILES string of the molecule is CC=C(C)C(=O)OC1CCC2=CC3(C45C=C6CCC(OC(=O)C(C)=CC)C(C)C6(C)CC4=C(C)C(=O)O5)OC(=O)C(C)=C3CC2(C)C1C. The van der Waals surface area contributed by atoms with Crippen molar-refractivity contribution in [1.29, 1.82) is 0 Å². The highest BCUT2D eigenvalue weighted by Crippen LogP contribution is 2.66. The number of esters is 4. The van der Waals surface area contributed by atoms with Crippen LogP contribution in [-0.2, 0) is 38.1 Å². The fourth-order valence-corrected chi connectivity index (χ4v) is 9.29. The van der Waals surface area contributed by atoms with Crippen LogP contribution in [-0.4, -0.2) is 47.3 Å². The molecule has 2 saturated carbocycles. The fraction of sp³-hybridized carbons (Fsp3) is 0.600. The maximum Gasteiger partial charge on any atom is 0.335 e. The average Bonchev–Trinajstić information content (AvgIpc) is 3.46. The minimum absolute atomic E-state index is 0.0292. The van der Waals surface area contributed by atoms with Gasteiger partial charge in [-0.2, -0.15) is 0 Å². The Labute approximate surface area is 284 Å². The molecule has 2 fully saturated rings. The van der Waals surface area contributed by atoms with Crippen LogP contribution in [0.5, 0.6) is 0 Å². The Balaban J connectivity index is 1.45. The van der Waals surface area contributed by atoms with E-state index >= 15 is 0 Å². The first-order valence-corrected chi connectivity index (χ1v) is 17.5. The number of ether oxygens (including phenoxy) is 4. The normalized spacial score (nSPS) is 39.4. The number of carbonyl (C=O) groups is 4. The molecule has 0 aromatic heterocycles. The molecule has 0 N–H and O–H groups in total. The van der Waals surface area contributed by atoms with Crippen LogP contribution < -0.4 is 0 Å². The Bertz CT molecular complexity index is 1580. The summed E-state index contributed by atoms with van der Waals surface area (Å²) in [7, 11) is 0. The van der Waals surface area contributed by atoms with Crippen LogP contribution in [0.3, 0.4) is 0 Å². The maximum absolute atomic E-state index is 13.7. The molecular weight excluding hydrogens is 608 g/mol. The number of carbonyl (C=O) groups excluding carboxylic acids is 4. The number of rotatable bonds is 5. The van der Waals surface area contributed by atoms with Gasteiger partial charge in [0.2, 0.25) is 0 Å². The Kier molecular flexibility index (Phi) is 8.16. The summed E-state index contributed by atoms with van der Waals surface area (Å²) in [6.45, 7) is 19.4. The standard InChI is InChI=1S/C40H50O8/c1-11-21(3)33(41)45-31-15-13-27-17-39(29(23(5)35(43)47-39)19-37(27,9)25(31)7)40-18-28-14-16-32(46-34(42)22(4)12-2)26(8)38(28,10)20-30(40)24(6)36(44)48-40/h11-12,17-18,25-26,31-32H,13-16,19-20H2,1-10H3. The van der Waals surface area contributed by atoms with Crippen molar-refractivity contribution in [2.75, 3.05) is 0 Å². The van der Waals surface area contributed by atoms with Gasteiger partial charge in [0, 0.05) is 34.1 Å². The van der Waals surface area contributed by atoms with Gasteiger partial charge in [-0.1, -0.05) is 51.0 Å². The number of allylic oxidation sites excluding steroid dienone is 4. The summed E-state index contributed by atoms with van der Waals surface area (Å²) in [6.07, 6.45) is 10.8. The first-order chi connectivity index (χ1) is 22.5. The summed E-state index contributed by atoms with van der Waals surface area (Å²) in [5.41, 5.74) is 2.66. The van der Waals surface area contributed by atoms with E-state index in [1.165, 1.54) is 0 Å². The Hall–Kier alpha value is -3.68. The summed E-state index contributed by atoms with van der Waals surface area (Å²) < 4.78 is 25.1. The first kappa shape index (κ1) is 34.2. The molecule has 6 rings (SSSR count). The molecule has 8 nitrogen and oxygen atoms in total. The third-order valence-electron chi connectivity index (χ3n) is 13.3. The van der Waals surface area contributed by atoms with E-state index in [1.807, 2.05) is 13.8 Å². The van der Waals surface area contributed by atoms with Gasteiger partial charge in [-0.25, -0.2) is 19.2 Å². The van der Waals surface area contributed by atoms with Crippen LogP contribution >= 0.6 is 0 Å². The molecular formula is C40H50O8. The predicted molar refractivity (Wildman–Crippen MR) is 180 cm³/mol. The molecule has 8 unspecified atom stereocenters. The van der Waals surface area contributed by atoms with Gasteiger partial charge in [-0.3, -0.25) is 0 Å². The summed E-state index contributed by atoms with van der Waals surface area (Å²) in [6, 6.07) is 0. The molecule has 258 valence electrons. The van der Waals surface area contributed by atoms with Crippen LogP contribution in [0.1, 0.15) is 108 Å². The van der Waals surface area contributed by atoms with Crippen molar-refractivity contribution >= 4 is 23.9 Å². The molecule has 6 aliphatic rings. The van der Waals surface area contributed by atoms with Gasteiger partial charge in [-0.15, -0.1) is 0 Å². The quantitative estimate of drug-likeness (QED) is 0.129. The van der Waals surface area contributed by atoms with Crippen molar-refractivity contribution in [1.82, 2.24) is 0 Å². The van der Waals surface area contributed by atoms with Gasteiger partial charge in [0.1, 0.15) is 12.2 Å². The lowest BCUT2D eigenvalue weighted by molar-refractivity contribution is -0.171. The smallest absolute Gasteiger partial charge is 0.335 e. The van der Waals surface area contributed by atoms with E-state index in [4.69, 9.17) is 18.9 Å². The van der Waals surface area contributed by atoms with Gasteiger partial charge in [0.25, 0.3) is 0 Å². The van der Waals surface area contributed by atoms with E-state index in [0.29, 0.717) is 60.8 Å². The zero-order valence-electron chi connectivity index (χ0n) is 30.1. The van der Waals surface area contributed by atoms with E-state index in [-0.39, 0.29) is 36.0 Å². The molecule has 0 amide bonds. The summed E-state index contributed by atoms with van der Waals surface area (Å²) in [4.78, 5) is 52.9. The minimum atomic E-state index is -1.32. The van der Waals surface area contributed by atoms with E-state index < -0.39 is 34.0 Å². The second kappa shape index (κ2) is 11.4. The summed E-state index contributed by atoms with van der Waals surface area (Å²) >= 11 is 0. The molecule has 0 aromatic carbocycles. The van der Waals surface area contributed by atoms with Crippen LogP contribution in [0, 0.1) is 22.7 Å². The number of hydrogen-bond acceptors (Lipinski definition) is 8. The largest absolute Gasteiger partial charge is 0.459 e. The fourth-order valence-electron chi connectivity index (χ4n) is 9.29. The second-order valence-electron chi connectivity index (χ2n) is 15.5. The van der Waals surface area contributed by atoms with Gasteiger partial charge >= 0.3 is 23.9 Å². The molecule has 2 aliphatic heterocycles. The second-order valence-corrected chi connectivity index (χ2v) is 15.5. The topological polar surface area (TPSA) is 105 Å². The maximum atomic E-state index is 13.7. The highest BCUT2D eigenvalue weighted by atomic mass is 16.6. The predicted octanol–water partition coefficient (Wildman–Crippen LogP) is 7.50. The Morgan fingerprint density at radius 2 is 1.08 bits per heavy atom. The van der Waals surface area contributed by atoms with E-state index in [2.05, 4.69) is 39.8 Å². The molecule has 0 spiro atoms. The van der Waals surface area contributed by atoms with E-state index in [9.17, 15) is 19.2 Å². The van der Waals surface area contributed by atoms with Crippen LogP contribution in [0.4, 0.5) is 0 Å². The van der Waals surface area contributed by atoms with Crippen LogP contribution in [0.25, 0.3) is 0 Å². The molecule has 0 radical (unpaired) electrons. The minimum Gasteiger partial charge on any atom is -0.459 e. The van der Waals surface area contributed by atoms with Gasteiger partial charge in [0.05, 0.1) is 0 Å². The monoisotopic (exact) mass is 658 g/mol. The molecule has 0 aromatic rings. The van der Waals surface area contributed by atoms with Crippen molar-refractivity contribution < 1.29 is 38.1 Å². The molecule has 8 heteroatoms. The van der Waals surface area contributed by atoms with Gasteiger partial charge in [0.15, 0.2) is 11.2 Å². The van der Waals surface area contributed by atoms with Crippen molar-refractivity contribution in [3.05, 3.63) is 68.9 Å². The van der Waals surface area contributed by atoms with Crippen LogP contribution in [0.15, 0.2) is 68.9 Å². The van der Waals surface area contributed by atoms with Crippen molar-refractivity contribution in [2.24, 2.45) is 22.7 Å². The Morgan fingerprint density at radius 3 is 1.42 bits per heavy atom. The molecule has 2 heterocycles. The number of hydrogen-bond donors (Lipinski definition) is 0. The lowest BCUT2D eigenvalue weighted by Gasteiger charge is -2.57. The highest BCUT2D eigenvalue weighted by Gasteiger charge is 2.71. The zero-order chi connectivity index (χ0) is 35.1. The number of fused-ring (bicyclic) bond motifs is 5. The third kappa shape index (κ3) is 4.60. The van der Waals surface area contributed by atoms with Crippen molar-refractivity contribution in [3.63, 3.8) is 0 Å². The summed E-state index contributed by atoms with van der Waals surface area (Å²) in [5.74, 6) is -1.49.